The van der Waals surface area contributed by atoms with Gasteiger partial charge in [-0.05, 0) is 30.6 Å². The van der Waals surface area contributed by atoms with Crippen molar-refractivity contribution in [1.29, 1.82) is 0 Å². The molecule has 0 spiro atoms. The van der Waals surface area contributed by atoms with Crippen molar-refractivity contribution in [3.63, 3.8) is 0 Å². The first-order chi connectivity index (χ1) is 8.61. The number of hydrogen-bond donors (Lipinski definition) is 2. The fourth-order valence-corrected chi connectivity index (χ4v) is 3.19. The van der Waals surface area contributed by atoms with Gasteiger partial charge in [-0.2, -0.15) is 5.10 Å². The van der Waals surface area contributed by atoms with Crippen LogP contribution < -0.4 is 5.32 Å². The Kier molecular flexibility index (Phi) is 4.04. The molecule has 0 bridgehead atoms. The zero-order chi connectivity index (χ0) is 13.0. The minimum atomic E-state index is -0.0150. The van der Waals surface area contributed by atoms with Gasteiger partial charge in [-0.1, -0.05) is 26.7 Å². The smallest absolute Gasteiger partial charge is 0.254 e. The van der Waals surface area contributed by atoms with Crippen molar-refractivity contribution in [3.8, 4) is 0 Å². The third kappa shape index (κ3) is 3.12. The van der Waals surface area contributed by atoms with E-state index in [9.17, 15) is 4.79 Å². The highest BCUT2D eigenvalue weighted by Crippen LogP contribution is 2.42. The van der Waals surface area contributed by atoms with Gasteiger partial charge >= 0.3 is 0 Å². The summed E-state index contributed by atoms with van der Waals surface area (Å²) in [6.07, 6.45) is 9.51. The van der Waals surface area contributed by atoms with Gasteiger partial charge in [-0.25, -0.2) is 0 Å². The summed E-state index contributed by atoms with van der Waals surface area (Å²) in [5.41, 5.74) is 0.945. The summed E-state index contributed by atoms with van der Waals surface area (Å²) >= 11 is 0. The van der Waals surface area contributed by atoms with Gasteiger partial charge < -0.3 is 5.32 Å². The molecular formula is C14H23N3O. The summed E-state index contributed by atoms with van der Waals surface area (Å²) in [5.74, 6) is 0.674. The first-order valence-electron chi connectivity index (χ1n) is 6.88. The van der Waals surface area contributed by atoms with Crippen LogP contribution in [0.25, 0.3) is 0 Å². The number of aromatic amines is 1. The van der Waals surface area contributed by atoms with E-state index in [-0.39, 0.29) is 5.91 Å². The third-order valence-corrected chi connectivity index (χ3v) is 3.89. The van der Waals surface area contributed by atoms with Crippen molar-refractivity contribution in [1.82, 2.24) is 15.5 Å². The van der Waals surface area contributed by atoms with Gasteiger partial charge in [0.1, 0.15) is 0 Å². The Morgan fingerprint density at radius 2 is 2.22 bits per heavy atom. The molecule has 0 unspecified atom stereocenters. The van der Waals surface area contributed by atoms with E-state index in [0.717, 1.165) is 6.54 Å². The Balaban J connectivity index is 1.92. The molecule has 1 saturated carbocycles. The van der Waals surface area contributed by atoms with Crippen molar-refractivity contribution in [3.05, 3.63) is 18.0 Å². The van der Waals surface area contributed by atoms with E-state index in [2.05, 4.69) is 29.4 Å². The molecule has 0 atom stereocenters. The highest BCUT2D eigenvalue weighted by Gasteiger charge is 2.34. The van der Waals surface area contributed by atoms with Gasteiger partial charge in [0.2, 0.25) is 0 Å². The normalized spacial score (nSPS) is 18.2. The number of rotatable bonds is 5. The summed E-state index contributed by atoms with van der Waals surface area (Å²) in [4.78, 5) is 11.9. The van der Waals surface area contributed by atoms with Crippen LogP contribution in [-0.2, 0) is 0 Å². The van der Waals surface area contributed by atoms with Crippen LogP contribution in [-0.4, -0.2) is 22.6 Å². The highest BCUT2D eigenvalue weighted by atomic mass is 16.1. The summed E-state index contributed by atoms with van der Waals surface area (Å²) < 4.78 is 0. The zero-order valence-corrected chi connectivity index (χ0v) is 11.3. The van der Waals surface area contributed by atoms with Crippen LogP contribution >= 0.6 is 0 Å². The van der Waals surface area contributed by atoms with E-state index >= 15 is 0 Å². The first-order valence-corrected chi connectivity index (χ1v) is 6.88. The molecule has 1 aromatic rings. The van der Waals surface area contributed by atoms with Crippen LogP contribution in [0.1, 0.15) is 56.3 Å². The van der Waals surface area contributed by atoms with E-state index in [1.165, 1.54) is 32.1 Å². The lowest BCUT2D eigenvalue weighted by molar-refractivity contribution is 0.0922. The van der Waals surface area contributed by atoms with Crippen LogP contribution in [0.15, 0.2) is 12.4 Å². The maximum atomic E-state index is 11.9. The number of carbonyl (C=O) groups excluding carboxylic acids is 1. The molecule has 1 heterocycles. The zero-order valence-electron chi connectivity index (χ0n) is 11.3. The van der Waals surface area contributed by atoms with Crippen molar-refractivity contribution >= 4 is 5.91 Å². The monoisotopic (exact) mass is 249 g/mol. The largest absolute Gasteiger partial charge is 0.351 e. The minimum Gasteiger partial charge on any atom is -0.351 e. The lowest BCUT2D eigenvalue weighted by atomic mass is 9.78. The second-order valence-electron chi connectivity index (χ2n) is 5.97. The quantitative estimate of drug-likeness (QED) is 0.843. The number of hydrogen-bond acceptors (Lipinski definition) is 2. The SMILES string of the molecule is CC(C)CC1(CNC(=O)c2cn[nH]c2)CCCC1. The fourth-order valence-electron chi connectivity index (χ4n) is 3.19. The molecule has 100 valence electrons. The van der Waals surface area contributed by atoms with Crippen LogP contribution in [0.4, 0.5) is 0 Å². The number of nitrogens with one attached hydrogen (secondary N) is 2. The van der Waals surface area contributed by atoms with E-state index in [4.69, 9.17) is 0 Å². The molecular weight excluding hydrogens is 226 g/mol. The number of carbonyl (C=O) groups is 1. The number of H-pyrrole nitrogens is 1. The molecule has 1 fully saturated rings. The van der Waals surface area contributed by atoms with Crippen molar-refractivity contribution in [2.75, 3.05) is 6.54 Å². The number of aromatic nitrogens is 2. The first kappa shape index (κ1) is 13.1. The van der Waals surface area contributed by atoms with Gasteiger partial charge in [-0.15, -0.1) is 0 Å². The molecule has 1 aliphatic rings. The van der Waals surface area contributed by atoms with Crippen LogP contribution in [0.2, 0.25) is 0 Å². The average Bonchev–Trinajstić information content (AvgIpc) is 2.96. The fraction of sp³-hybridized carbons (Fsp3) is 0.714. The second-order valence-corrected chi connectivity index (χ2v) is 5.97. The Labute approximate surface area is 109 Å². The van der Waals surface area contributed by atoms with Crippen molar-refractivity contribution in [2.24, 2.45) is 11.3 Å². The lowest BCUT2D eigenvalue weighted by Crippen LogP contribution is -2.36. The van der Waals surface area contributed by atoms with E-state index in [1.807, 2.05) is 0 Å². The summed E-state index contributed by atoms with van der Waals surface area (Å²) in [5, 5.41) is 9.55. The molecule has 2 N–H and O–H groups in total. The molecule has 0 aliphatic heterocycles. The molecule has 0 aromatic carbocycles. The Morgan fingerprint density at radius 1 is 1.50 bits per heavy atom. The maximum absolute atomic E-state index is 11.9. The molecule has 18 heavy (non-hydrogen) atoms. The minimum absolute atomic E-state index is 0.0150. The Hall–Kier alpha value is -1.32. The van der Waals surface area contributed by atoms with E-state index < -0.39 is 0 Å². The van der Waals surface area contributed by atoms with Crippen LogP contribution in [0.5, 0.6) is 0 Å². The summed E-state index contributed by atoms with van der Waals surface area (Å²) in [6, 6.07) is 0. The van der Waals surface area contributed by atoms with Crippen molar-refractivity contribution in [2.45, 2.75) is 46.0 Å². The van der Waals surface area contributed by atoms with E-state index in [0.29, 0.717) is 16.9 Å². The average molecular weight is 249 g/mol. The van der Waals surface area contributed by atoms with Crippen LogP contribution in [0, 0.1) is 11.3 Å². The standard InChI is InChI=1S/C14H23N3O/c1-11(2)7-14(5-3-4-6-14)10-15-13(18)12-8-16-17-9-12/h8-9,11H,3-7,10H2,1-2H3,(H,15,18)(H,16,17). The second kappa shape index (κ2) is 5.55. The molecule has 4 heteroatoms. The summed E-state index contributed by atoms with van der Waals surface area (Å²) in [7, 11) is 0. The maximum Gasteiger partial charge on any atom is 0.254 e. The predicted molar refractivity (Wildman–Crippen MR) is 71.3 cm³/mol. The van der Waals surface area contributed by atoms with Gasteiger partial charge in [0.25, 0.3) is 5.91 Å². The highest BCUT2D eigenvalue weighted by molar-refractivity contribution is 5.93. The summed E-state index contributed by atoms with van der Waals surface area (Å²) in [6.45, 7) is 5.32. The number of nitrogens with zero attached hydrogens (tertiary/aromatic N) is 1. The number of amides is 1. The van der Waals surface area contributed by atoms with Crippen LogP contribution in [0.3, 0.4) is 0 Å². The molecule has 2 rings (SSSR count). The van der Waals surface area contributed by atoms with Crippen molar-refractivity contribution < 1.29 is 4.79 Å². The topological polar surface area (TPSA) is 57.8 Å². The molecule has 1 aliphatic carbocycles. The van der Waals surface area contributed by atoms with Gasteiger partial charge in [-0.3, -0.25) is 9.89 Å². The molecule has 4 nitrogen and oxygen atoms in total. The third-order valence-electron chi connectivity index (χ3n) is 3.89. The molecule has 0 radical (unpaired) electrons. The molecule has 1 aromatic heterocycles. The van der Waals surface area contributed by atoms with E-state index in [1.54, 1.807) is 12.4 Å². The van der Waals surface area contributed by atoms with Gasteiger partial charge in [0.15, 0.2) is 0 Å². The predicted octanol–water partition coefficient (Wildman–Crippen LogP) is 2.75. The van der Waals surface area contributed by atoms with Gasteiger partial charge in [0, 0.05) is 12.7 Å². The lowest BCUT2D eigenvalue weighted by Gasteiger charge is -2.31. The Bertz CT molecular complexity index is 378. The van der Waals surface area contributed by atoms with Gasteiger partial charge in [0.05, 0.1) is 11.8 Å². The Morgan fingerprint density at radius 3 is 2.78 bits per heavy atom. The molecule has 1 amide bonds. The molecule has 0 saturated heterocycles.